The molecule has 0 bridgehead atoms. The Bertz CT molecular complexity index is 573. The molecular formula is C14H19N5O. The van der Waals surface area contributed by atoms with E-state index in [4.69, 9.17) is 10.5 Å². The van der Waals surface area contributed by atoms with Crippen LogP contribution < -0.4 is 21.1 Å². The molecule has 6 nitrogen and oxygen atoms in total. The van der Waals surface area contributed by atoms with Crippen molar-refractivity contribution < 1.29 is 4.74 Å². The second-order valence-electron chi connectivity index (χ2n) is 4.21. The van der Waals surface area contributed by atoms with E-state index < -0.39 is 0 Å². The first-order valence-corrected chi connectivity index (χ1v) is 6.41. The van der Waals surface area contributed by atoms with E-state index in [1.807, 2.05) is 25.2 Å². The summed E-state index contributed by atoms with van der Waals surface area (Å²) in [6.45, 7) is 0.575. The third-order valence-corrected chi connectivity index (χ3v) is 2.86. The Kier molecular flexibility index (Phi) is 4.73. The van der Waals surface area contributed by atoms with Crippen LogP contribution in [0.5, 0.6) is 5.75 Å². The predicted molar refractivity (Wildman–Crippen MR) is 80.6 cm³/mol. The first-order valence-electron chi connectivity index (χ1n) is 6.41. The fourth-order valence-corrected chi connectivity index (χ4v) is 1.89. The lowest BCUT2D eigenvalue weighted by Gasteiger charge is -2.11. The number of benzene rings is 1. The summed E-state index contributed by atoms with van der Waals surface area (Å²) in [4.78, 5) is 8.50. The molecular weight excluding hydrogens is 254 g/mol. The Hall–Kier alpha value is -2.34. The highest BCUT2D eigenvalue weighted by Gasteiger charge is 2.05. The van der Waals surface area contributed by atoms with Crippen molar-refractivity contribution in [3.05, 3.63) is 36.0 Å². The Balaban J connectivity index is 2.22. The van der Waals surface area contributed by atoms with Crippen LogP contribution >= 0.6 is 0 Å². The monoisotopic (exact) mass is 273 g/mol. The molecule has 1 heterocycles. The Morgan fingerprint density at radius 2 is 2.15 bits per heavy atom. The number of nitrogens with two attached hydrogens (primary N) is 1. The van der Waals surface area contributed by atoms with Gasteiger partial charge in [0.1, 0.15) is 11.6 Å². The van der Waals surface area contributed by atoms with Crippen LogP contribution in [0.15, 0.2) is 30.5 Å². The third kappa shape index (κ3) is 3.36. The molecule has 0 aliphatic heterocycles. The minimum atomic E-state index is 0.542. The maximum absolute atomic E-state index is 5.62. The number of nitrogens with zero attached hydrogens (tertiary/aromatic N) is 2. The second-order valence-corrected chi connectivity index (χ2v) is 4.21. The van der Waals surface area contributed by atoms with Crippen LogP contribution in [-0.2, 0) is 6.42 Å². The van der Waals surface area contributed by atoms with E-state index in [0.717, 1.165) is 29.2 Å². The summed E-state index contributed by atoms with van der Waals surface area (Å²) in [5.41, 5.74) is 7.58. The van der Waals surface area contributed by atoms with Gasteiger partial charge < -0.3 is 21.1 Å². The van der Waals surface area contributed by atoms with Gasteiger partial charge in [-0.1, -0.05) is 0 Å². The van der Waals surface area contributed by atoms with Crippen molar-refractivity contribution in [3.63, 3.8) is 0 Å². The second kappa shape index (κ2) is 6.72. The zero-order valence-electron chi connectivity index (χ0n) is 11.7. The van der Waals surface area contributed by atoms with Crippen molar-refractivity contribution in [1.82, 2.24) is 9.97 Å². The van der Waals surface area contributed by atoms with Gasteiger partial charge in [-0.3, -0.25) is 0 Å². The van der Waals surface area contributed by atoms with Crippen molar-refractivity contribution in [2.75, 3.05) is 31.3 Å². The normalized spacial score (nSPS) is 10.2. The van der Waals surface area contributed by atoms with E-state index in [2.05, 4.69) is 20.6 Å². The van der Waals surface area contributed by atoms with Crippen LogP contribution in [0.2, 0.25) is 0 Å². The van der Waals surface area contributed by atoms with E-state index in [9.17, 15) is 0 Å². The van der Waals surface area contributed by atoms with Gasteiger partial charge in [-0.05, 0) is 42.8 Å². The first kappa shape index (κ1) is 14.1. The molecule has 6 heteroatoms. The standard InChI is InChI=1S/C14H19N5O/c1-16-13-6-8-17-14(19-13)18-11-3-4-12(20-2)10(9-11)5-7-15/h3-4,6,8-9H,5,7,15H2,1-2H3,(H2,16,17,18,19). The van der Waals surface area contributed by atoms with Crippen molar-refractivity contribution >= 4 is 17.5 Å². The molecule has 0 fully saturated rings. The van der Waals surface area contributed by atoms with E-state index >= 15 is 0 Å². The average molecular weight is 273 g/mol. The van der Waals surface area contributed by atoms with Crippen LogP contribution in [0.3, 0.4) is 0 Å². The highest BCUT2D eigenvalue weighted by Crippen LogP contribution is 2.24. The summed E-state index contributed by atoms with van der Waals surface area (Å²) in [5.74, 6) is 2.14. The molecule has 4 N–H and O–H groups in total. The lowest BCUT2D eigenvalue weighted by molar-refractivity contribution is 0.410. The van der Waals surface area contributed by atoms with Gasteiger partial charge in [-0.2, -0.15) is 4.98 Å². The molecule has 1 aromatic carbocycles. The van der Waals surface area contributed by atoms with Gasteiger partial charge in [-0.25, -0.2) is 4.98 Å². The predicted octanol–water partition coefficient (Wildman–Crippen LogP) is 1.77. The highest BCUT2D eigenvalue weighted by molar-refractivity contribution is 5.58. The fourth-order valence-electron chi connectivity index (χ4n) is 1.89. The summed E-state index contributed by atoms with van der Waals surface area (Å²) >= 11 is 0. The Labute approximate surface area is 118 Å². The molecule has 2 aromatic rings. The first-order chi connectivity index (χ1) is 9.76. The number of anilines is 3. The summed E-state index contributed by atoms with van der Waals surface area (Å²) in [6, 6.07) is 7.64. The molecule has 106 valence electrons. The molecule has 20 heavy (non-hydrogen) atoms. The van der Waals surface area contributed by atoms with E-state index in [0.29, 0.717) is 12.5 Å². The van der Waals surface area contributed by atoms with Crippen molar-refractivity contribution in [3.8, 4) is 5.75 Å². The topological polar surface area (TPSA) is 85.1 Å². The van der Waals surface area contributed by atoms with Gasteiger partial charge in [0, 0.05) is 18.9 Å². The van der Waals surface area contributed by atoms with Crippen molar-refractivity contribution in [2.24, 2.45) is 5.73 Å². The number of rotatable bonds is 6. The highest BCUT2D eigenvalue weighted by atomic mass is 16.5. The third-order valence-electron chi connectivity index (χ3n) is 2.86. The van der Waals surface area contributed by atoms with Gasteiger partial charge in [-0.15, -0.1) is 0 Å². The fraction of sp³-hybridized carbons (Fsp3) is 0.286. The van der Waals surface area contributed by atoms with E-state index in [-0.39, 0.29) is 0 Å². The summed E-state index contributed by atoms with van der Waals surface area (Å²) < 4.78 is 5.32. The maximum Gasteiger partial charge on any atom is 0.229 e. The minimum Gasteiger partial charge on any atom is -0.496 e. The van der Waals surface area contributed by atoms with Crippen LogP contribution in [-0.4, -0.2) is 30.7 Å². The molecule has 0 atom stereocenters. The summed E-state index contributed by atoms with van der Waals surface area (Å²) in [5, 5.41) is 6.15. The van der Waals surface area contributed by atoms with Gasteiger partial charge in [0.2, 0.25) is 5.95 Å². The van der Waals surface area contributed by atoms with Crippen LogP contribution in [0, 0.1) is 0 Å². The quantitative estimate of drug-likeness (QED) is 0.744. The summed E-state index contributed by atoms with van der Waals surface area (Å²) in [6.07, 6.45) is 2.46. The van der Waals surface area contributed by atoms with Gasteiger partial charge in [0.25, 0.3) is 0 Å². The van der Waals surface area contributed by atoms with E-state index in [1.165, 1.54) is 0 Å². The Morgan fingerprint density at radius 3 is 2.85 bits per heavy atom. The number of ether oxygens (including phenoxy) is 1. The SMILES string of the molecule is CNc1ccnc(Nc2ccc(OC)c(CCN)c2)n1. The molecule has 0 unspecified atom stereocenters. The average Bonchev–Trinajstić information content (AvgIpc) is 2.48. The minimum absolute atomic E-state index is 0.542. The zero-order valence-corrected chi connectivity index (χ0v) is 11.7. The number of nitrogens with one attached hydrogen (secondary N) is 2. The van der Waals surface area contributed by atoms with E-state index in [1.54, 1.807) is 19.4 Å². The molecule has 1 aromatic heterocycles. The lowest BCUT2D eigenvalue weighted by Crippen LogP contribution is -2.05. The molecule has 2 rings (SSSR count). The molecule has 0 aliphatic carbocycles. The number of hydrogen-bond acceptors (Lipinski definition) is 6. The smallest absolute Gasteiger partial charge is 0.229 e. The van der Waals surface area contributed by atoms with Crippen LogP contribution in [0.1, 0.15) is 5.56 Å². The van der Waals surface area contributed by atoms with Gasteiger partial charge >= 0.3 is 0 Å². The van der Waals surface area contributed by atoms with Crippen LogP contribution in [0.25, 0.3) is 0 Å². The maximum atomic E-state index is 5.62. The molecule has 0 spiro atoms. The van der Waals surface area contributed by atoms with Crippen LogP contribution in [0.4, 0.5) is 17.5 Å². The van der Waals surface area contributed by atoms with Gasteiger partial charge in [0.05, 0.1) is 7.11 Å². The molecule has 0 saturated carbocycles. The number of methoxy groups -OCH3 is 1. The van der Waals surface area contributed by atoms with Gasteiger partial charge in [0.15, 0.2) is 0 Å². The lowest BCUT2D eigenvalue weighted by atomic mass is 10.1. The molecule has 0 aliphatic rings. The number of aromatic nitrogens is 2. The molecule has 0 radical (unpaired) electrons. The van der Waals surface area contributed by atoms with Crippen molar-refractivity contribution in [1.29, 1.82) is 0 Å². The van der Waals surface area contributed by atoms with Crippen molar-refractivity contribution in [2.45, 2.75) is 6.42 Å². The summed E-state index contributed by atoms with van der Waals surface area (Å²) in [7, 11) is 3.47. The zero-order chi connectivity index (χ0) is 14.4. The molecule has 0 amide bonds. The Morgan fingerprint density at radius 1 is 1.30 bits per heavy atom. The molecule has 0 saturated heterocycles. The number of hydrogen-bond donors (Lipinski definition) is 3. The largest absolute Gasteiger partial charge is 0.496 e.